The summed E-state index contributed by atoms with van der Waals surface area (Å²) in [4.78, 5) is 12.0. The van der Waals surface area contributed by atoms with E-state index in [-0.39, 0.29) is 18.6 Å². The van der Waals surface area contributed by atoms with E-state index in [1.807, 2.05) is 0 Å². The first-order valence-electron chi connectivity index (χ1n) is 22.1. The number of hydrogen-bond acceptors (Lipinski definition) is 20. The maximum atomic E-state index is 12.0. The number of methoxy groups -OCH3 is 1. The number of carbonyl (C=O) groups excluding carboxylic acids is 1. The van der Waals surface area contributed by atoms with Crippen molar-refractivity contribution in [2.75, 3.05) is 26.9 Å². The molecule has 0 saturated carbocycles. The van der Waals surface area contributed by atoms with Crippen molar-refractivity contribution in [1.29, 1.82) is 0 Å². The standard InChI is InChI=1S/C41H76O20/c1-23(56-39-36(52)33(49)30(46)26(20-42)59-39)15-11-10-14-17-24(57-40-37(53)34(50)31(47)27(21-43)60-40)16-12-8-6-4-3-5-7-9-13-18-25(19-29(45)55-2)58-41-38(54)35(51)32(48)28(22-44)61-41/h23-28,30-44,46-54H,3-22H2,1-2H3/t23-,24-,25+,26-,27+,28+,30-,31+,32+,33+,34-,35-,36-,37-,38-,39-,40+,41+/m0/s1. The third-order valence-corrected chi connectivity index (χ3v) is 11.9. The SMILES string of the molecule is COC(=O)C[C@@H](CCCCCCCCCCC[C@@H](CCCCC[C@H](C)O[C@H]1O[C@@H](CO)[C@H](O)[C@@H](O)[C@@H]1O)O[C@@H]1O[C@H](CO)[C@@H](O)[C@H](O)[C@@H]1O)O[C@@H]1O[C@H](CO)[C@@H](O)[C@H](O)[C@@H]1O. The van der Waals surface area contributed by atoms with E-state index < -0.39 is 124 Å². The predicted molar refractivity (Wildman–Crippen MR) is 212 cm³/mol. The molecule has 0 radical (unpaired) electrons. The maximum absolute atomic E-state index is 12.0. The Morgan fingerprint density at radius 2 is 0.754 bits per heavy atom. The van der Waals surface area contributed by atoms with Crippen molar-refractivity contribution in [2.45, 2.75) is 227 Å². The van der Waals surface area contributed by atoms with Gasteiger partial charge in [-0.05, 0) is 32.6 Å². The Balaban J connectivity index is 1.37. The van der Waals surface area contributed by atoms with Crippen LogP contribution in [0.1, 0.15) is 116 Å². The lowest BCUT2D eigenvalue weighted by atomic mass is 9.98. The van der Waals surface area contributed by atoms with Crippen molar-refractivity contribution in [2.24, 2.45) is 0 Å². The number of carbonyl (C=O) groups is 1. The van der Waals surface area contributed by atoms with Crippen LogP contribution < -0.4 is 0 Å². The molecule has 0 aromatic rings. The van der Waals surface area contributed by atoms with Crippen LogP contribution in [-0.2, 0) is 38.0 Å². The fourth-order valence-corrected chi connectivity index (χ4v) is 7.95. The molecule has 0 spiro atoms. The molecular weight excluding hydrogens is 812 g/mol. The van der Waals surface area contributed by atoms with Gasteiger partial charge in [0.05, 0.1) is 51.7 Å². The van der Waals surface area contributed by atoms with E-state index in [0.717, 1.165) is 77.0 Å². The number of unbranched alkanes of at least 4 members (excludes halogenated alkanes) is 10. The summed E-state index contributed by atoms with van der Waals surface area (Å²) in [6.45, 7) is 0.103. The van der Waals surface area contributed by atoms with Crippen LogP contribution in [0, 0.1) is 0 Å². The molecule has 0 amide bonds. The molecule has 61 heavy (non-hydrogen) atoms. The number of aliphatic hydroxyl groups is 12. The molecule has 0 aliphatic carbocycles. The Morgan fingerprint density at radius 3 is 1.13 bits per heavy atom. The van der Waals surface area contributed by atoms with Crippen LogP contribution in [0.15, 0.2) is 0 Å². The lowest BCUT2D eigenvalue weighted by molar-refractivity contribution is -0.312. The van der Waals surface area contributed by atoms with Crippen molar-refractivity contribution in [1.82, 2.24) is 0 Å². The molecule has 18 atom stereocenters. The zero-order valence-corrected chi connectivity index (χ0v) is 35.7. The van der Waals surface area contributed by atoms with Crippen molar-refractivity contribution in [3.8, 4) is 0 Å². The molecule has 12 N–H and O–H groups in total. The molecule has 0 unspecified atom stereocenters. The van der Waals surface area contributed by atoms with Gasteiger partial charge >= 0.3 is 5.97 Å². The zero-order chi connectivity index (χ0) is 45.1. The minimum absolute atomic E-state index is 0.0915. The smallest absolute Gasteiger partial charge is 0.308 e. The summed E-state index contributed by atoms with van der Waals surface area (Å²) in [5.74, 6) is -0.507. The summed E-state index contributed by atoms with van der Waals surface area (Å²) in [5.41, 5.74) is 0. The average Bonchev–Trinajstić information content (AvgIpc) is 3.25. The van der Waals surface area contributed by atoms with Gasteiger partial charge in [-0.3, -0.25) is 4.79 Å². The van der Waals surface area contributed by atoms with Gasteiger partial charge in [0.25, 0.3) is 0 Å². The summed E-state index contributed by atoms with van der Waals surface area (Å²) in [6, 6.07) is 0. The second-order valence-electron chi connectivity index (χ2n) is 16.7. The summed E-state index contributed by atoms with van der Waals surface area (Å²) < 4.78 is 39.0. The highest BCUT2D eigenvalue weighted by Crippen LogP contribution is 2.29. The van der Waals surface area contributed by atoms with Crippen LogP contribution in [0.4, 0.5) is 0 Å². The minimum Gasteiger partial charge on any atom is -0.469 e. The Morgan fingerprint density at radius 1 is 0.443 bits per heavy atom. The number of esters is 1. The van der Waals surface area contributed by atoms with Gasteiger partial charge in [-0.25, -0.2) is 0 Å². The van der Waals surface area contributed by atoms with Gasteiger partial charge in [0.2, 0.25) is 0 Å². The lowest BCUT2D eigenvalue weighted by Gasteiger charge is -2.41. The van der Waals surface area contributed by atoms with Gasteiger partial charge in [-0.15, -0.1) is 0 Å². The number of aliphatic hydroxyl groups excluding tert-OH is 12. The molecule has 3 fully saturated rings. The van der Waals surface area contributed by atoms with E-state index in [1.165, 1.54) is 7.11 Å². The van der Waals surface area contributed by atoms with Gasteiger partial charge < -0.3 is 94.4 Å². The lowest BCUT2D eigenvalue weighted by Crippen LogP contribution is -2.59. The summed E-state index contributed by atoms with van der Waals surface area (Å²) >= 11 is 0. The third kappa shape index (κ3) is 17.2. The average molecular weight is 889 g/mol. The molecule has 0 aromatic heterocycles. The normalized spacial score (nSPS) is 36.1. The van der Waals surface area contributed by atoms with Gasteiger partial charge in [-0.2, -0.15) is 0 Å². The fraction of sp³-hybridized carbons (Fsp3) is 0.976. The Kier molecular flexibility index (Phi) is 25.4. The summed E-state index contributed by atoms with van der Waals surface area (Å²) in [5, 5.41) is 120. The Hall–Kier alpha value is -1.25. The topological polar surface area (TPSA) is 324 Å². The highest BCUT2D eigenvalue weighted by atomic mass is 16.7. The first-order chi connectivity index (χ1) is 29.2. The molecule has 3 aliphatic rings. The first kappa shape index (κ1) is 54.1. The maximum Gasteiger partial charge on any atom is 0.308 e. The van der Waals surface area contributed by atoms with Crippen LogP contribution in [0.3, 0.4) is 0 Å². The van der Waals surface area contributed by atoms with Crippen LogP contribution >= 0.6 is 0 Å². The van der Waals surface area contributed by atoms with Crippen LogP contribution in [0.5, 0.6) is 0 Å². The van der Waals surface area contributed by atoms with E-state index in [2.05, 4.69) is 0 Å². The van der Waals surface area contributed by atoms with Crippen molar-refractivity contribution in [3.63, 3.8) is 0 Å². The van der Waals surface area contributed by atoms with E-state index in [4.69, 9.17) is 33.2 Å². The van der Waals surface area contributed by atoms with E-state index in [0.29, 0.717) is 25.7 Å². The molecule has 0 bridgehead atoms. The molecule has 3 rings (SSSR count). The van der Waals surface area contributed by atoms with E-state index >= 15 is 0 Å². The minimum atomic E-state index is -1.58. The number of ether oxygens (including phenoxy) is 7. The summed E-state index contributed by atoms with van der Waals surface area (Å²) in [6.07, 6.45) is -9.17. The molecule has 3 heterocycles. The van der Waals surface area contributed by atoms with Gasteiger partial charge in [-0.1, -0.05) is 77.0 Å². The summed E-state index contributed by atoms with van der Waals surface area (Å²) in [7, 11) is 1.26. The first-order valence-corrected chi connectivity index (χ1v) is 22.1. The molecule has 20 nitrogen and oxygen atoms in total. The molecule has 20 heteroatoms. The van der Waals surface area contributed by atoms with E-state index in [1.54, 1.807) is 6.92 Å². The number of rotatable bonds is 29. The van der Waals surface area contributed by atoms with Crippen LogP contribution in [-0.4, -0.2) is 205 Å². The third-order valence-electron chi connectivity index (χ3n) is 11.9. The quantitative estimate of drug-likeness (QED) is 0.0296. The molecular formula is C41H76O20. The van der Waals surface area contributed by atoms with E-state index in [9.17, 15) is 66.1 Å². The predicted octanol–water partition coefficient (Wildman–Crippen LogP) is -1.63. The van der Waals surface area contributed by atoms with Crippen molar-refractivity contribution < 1.29 is 99.2 Å². The van der Waals surface area contributed by atoms with Crippen LogP contribution in [0.25, 0.3) is 0 Å². The van der Waals surface area contributed by atoms with Gasteiger partial charge in [0, 0.05) is 0 Å². The monoisotopic (exact) mass is 888 g/mol. The Labute approximate surface area is 358 Å². The highest BCUT2D eigenvalue weighted by molar-refractivity contribution is 5.69. The number of hydrogen-bond donors (Lipinski definition) is 12. The molecule has 3 saturated heterocycles. The molecule has 360 valence electrons. The molecule has 0 aromatic carbocycles. The highest BCUT2D eigenvalue weighted by Gasteiger charge is 2.47. The molecule has 3 aliphatic heterocycles. The fourth-order valence-electron chi connectivity index (χ4n) is 7.95. The van der Waals surface area contributed by atoms with Gasteiger partial charge in [0.15, 0.2) is 18.9 Å². The van der Waals surface area contributed by atoms with Gasteiger partial charge in [0.1, 0.15) is 73.2 Å². The van der Waals surface area contributed by atoms with Crippen molar-refractivity contribution >= 4 is 5.97 Å². The second kappa shape index (κ2) is 28.6. The van der Waals surface area contributed by atoms with Crippen LogP contribution in [0.2, 0.25) is 0 Å². The second-order valence-corrected chi connectivity index (χ2v) is 16.7. The zero-order valence-electron chi connectivity index (χ0n) is 35.7. The largest absolute Gasteiger partial charge is 0.469 e. The Bertz CT molecular complexity index is 1170. The van der Waals surface area contributed by atoms with Crippen molar-refractivity contribution in [3.05, 3.63) is 0 Å².